The lowest BCUT2D eigenvalue weighted by atomic mass is 9.92. The Morgan fingerprint density at radius 3 is 2.58 bits per heavy atom. The maximum absolute atomic E-state index is 6.43. The van der Waals surface area contributed by atoms with Crippen LogP contribution in [0.15, 0.2) is 48.5 Å². The first-order valence-electron chi connectivity index (χ1n) is 8.85. The lowest BCUT2D eigenvalue weighted by Gasteiger charge is -2.32. The molecule has 1 aromatic heterocycles. The molecule has 2 aromatic carbocycles. The van der Waals surface area contributed by atoms with Crippen LogP contribution >= 0.6 is 11.6 Å². The van der Waals surface area contributed by atoms with E-state index in [9.17, 15) is 0 Å². The Balaban J connectivity index is 1.74. The molecule has 1 aliphatic rings. The second-order valence-corrected chi connectivity index (χ2v) is 7.44. The van der Waals surface area contributed by atoms with Crippen molar-refractivity contribution in [1.29, 1.82) is 0 Å². The predicted molar refractivity (Wildman–Crippen MR) is 106 cm³/mol. The Kier molecular flexibility index (Phi) is 4.32. The molecular weight excluding hydrogens is 346 g/mol. The van der Waals surface area contributed by atoms with Gasteiger partial charge in [-0.1, -0.05) is 67.9 Å². The largest absolute Gasteiger partial charge is 0.366 e. The van der Waals surface area contributed by atoms with Gasteiger partial charge in [0.2, 0.25) is 11.9 Å². The van der Waals surface area contributed by atoms with Crippen molar-refractivity contribution in [3.63, 3.8) is 0 Å². The van der Waals surface area contributed by atoms with Gasteiger partial charge in [0.25, 0.3) is 0 Å². The summed E-state index contributed by atoms with van der Waals surface area (Å²) >= 11 is 6.43. The zero-order chi connectivity index (χ0) is 18.3. The molecule has 1 aliphatic heterocycles. The number of nitrogens with one attached hydrogen (secondary N) is 1. The molecule has 26 heavy (non-hydrogen) atoms. The highest BCUT2D eigenvalue weighted by Gasteiger charge is 2.31. The van der Waals surface area contributed by atoms with Crippen LogP contribution in [0.25, 0.3) is 0 Å². The van der Waals surface area contributed by atoms with Crippen molar-refractivity contribution < 1.29 is 0 Å². The van der Waals surface area contributed by atoms with Gasteiger partial charge in [-0.25, -0.2) is 4.68 Å². The zero-order valence-corrected chi connectivity index (χ0v) is 15.6. The number of benzene rings is 2. The summed E-state index contributed by atoms with van der Waals surface area (Å²) < 4.78 is 1.88. The van der Waals surface area contributed by atoms with E-state index in [1.54, 1.807) is 0 Å². The molecule has 0 saturated heterocycles. The first kappa shape index (κ1) is 16.9. The number of halogens is 1. The Hall–Kier alpha value is -2.53. The number of fused-ring (bicyclic) bond motifs is 1. The number of nitrogens with two attached hydrogens (primary N) is 1. The fourth-order valence-electron chi connectivity index (χ4n) is 3.54. The van der Waals surface area contributed by atoms with Gasteiger partial charge in [0, 0.05) is 5.02 Å². The van der Waals surface area contributed by atoms with E-state index in [1.165, 1.54) is 11.1 Å². The maximum atomic E-state index is 6.43. The molecule has 134 valence electrons. The van der Waals surface area contributed by atoms with Gasteiger partial charge in [-0.05, 0) is 35.1 Å². The summed E-state index contributed by atoms with van der Waals surface area (Å²) in [6.07, 6.45) is 0.820. The van der Waals surface area contributed by atoms with Crippen LogP contribution in [0.3, 0.4) is 0 Å². The minimum atomic E-state index is 0.0505. The van der Waals surface area contributed by atoms with Crippen molar-refractivity contribution in [1.82, 2.24) is 14.8 Å². The second-order valence-electron chi connectivity index (χ2n) is 7.03. The molecule has 4 rings (SSSR count). The fraction of sp³-hybridized carbons (Fsp3) is 0.300. The van der Waals surface area contributed by atoms with E-state index in [0.717, 1.165) is 17.0 Å². The summed E-state index contributed by atoms with van der Waals surface area (Å²) in [7, 11) is 0. The molecule has 2 atom stereocenters. The van der Waals surface area contributed by atoms with Crippen molar-refractivity contribution in [3.8, 4) is 0 Å². The SMILES string of the molecule is CC(C)c1ccc(C2CC(c3ccccc3Cl)Nc3nc(N)nn32)cc1. The minimum absolute atomic E-state index is 0.0505. The van der Waals surface area contributed by atoms with E-state index in [4.69, 9.17) is 17.3 Å². The summed E-state index contributed by atoms with van der Waals surface area (Å²) in [5.41, 5.74) is 9.44. The number of rotatable bonds is 3. The highest BCUT2D eigenvalue weighted by molar-refractivity contribution is 6.31. The van der Waals surface area contributed by atoms with Gasteiger partial charge in [-0.15, -0.1) is 5.10 Å². The normalized spacial score (nSPS) is 19.2. The standard InChI is InChI=1S/C20H22ClN5/c1-12(2)13-7-9-14(10-8-13)18-11-17(15-5-3-4-6-16(15)21)23-20-24-19(22)25-26(18)20/h3-10,12,17-18H,11H2,1-2H3,(H3,22,23,24,25). The molecule has 0 spiro atoms. The van der Waals surface area contributed by atoms with Crippen molar-refractivity contribution in [2.45, 2.75) is 38.3 Å². The number of aromatic nitrogens is 3. The third kappa shape index (κ3) is 3.03. The van der Waals surface area contributed by atoms with Gasteiger partial charge in [-0.3, -0.25) is 0 Å². The topological polar surface area (TPSA) is 68.8 Å². The molecule has 0 saturated carbocycles. The Morgan fingerprint density at radius 1 is 1.15 bits per heavy atom. The number of anilines is 2. The average Bonchev–Trinajstić information content (AvgIpc) is 3.01. The van der Waals surface area contributed by atoms with E-state index in [2.05, 4.69) is 53.5 Å². The summed E-state index contributed by atoms with van der Waals surface area (Å²) in [5.74, 6) is 1.46. The summed E-state index contributed by atoms with van der Waals surface area (Å²) in [6.45, 7) is 4.40. The number of hydrogen-bond acceptors (Lipinski definition) is 4. The highest BCUT2D eigenvalue weighted by atomic mass is 35.5. The van der Waals surface area contributed by atoms with E-state index in [1.807, 2.05) is 28.9 Å². The van der Waals surface area contributed by atoms with E-state index >= 15 is 0 Å². The molecular formula is C20H22ClN5. The molecule has 2 heterocycles. The Morgan fingerprint density at radius 2 is 1.88 bits per heavy atom. The lowest BCUT2D eigenvalue weighted by molar-refractivity contribution is 0.431. The minimum Gasteiger partial charge on any atom is -0.366 e. The second kappa shape index (κ2) is 6.65. The van der Waals surface area contributed by atoms with Crippen LogP contribution in [-0.2, 0) is 0 Å². The predicted octanol–water partition coefficient (Wildman–Crippen LogP) is 4.78. The molecule has 0 amide bonds. The number of nitrogen functional groups attached to an aromatic ring is 1. The van der Waals surface area contributed by atoms with Crippen LogP contribution in [-0.4, -0.2) is 14.8 Å². The Bertz CT molecular complexity index is 916. The summed E-state index contributed by atoms with van der Waals surface area (Å²) in [5, 5.41) is 8.58. The molecule has 2 unspecified atom stereocenters. The molecule has 0 aliphatic carbocycles. The van der Waals surface area contributed by atoms with Crippen LogP contribution in [0.5, 0.6) is 0 Å². The van der Waals surface area contributed by atoms with Crippen LogP contribution < -0.4 is 11.1 Å². The van der Waals surface area contributed by atoms with Crippen molar-refractivity contribution in [2.75, 3.05) is 11.1 Å². The van der Waals surface area contributed by atoms with Crippen LogP contribution in [0.1, 0.15) is 55.0 Å². The maximum Gasteiger partial charge on any atom is 0.241 e. The van der Waals surface area contributed by atoms with E-state index in [-0.39, 0.29) is 18.0 Å². The monoisotopic (exact) mass is 367 g/mol. The smallest absolute Gasteiger partial charge is 0.241 e. The molecule has 5 nitrogen and oxygen atoms in total. The van der Waals surface area contributed by atoms with E-state index in [0.29, 0.717) is 11.9 Å². The number of nitrogens with zero attached hydrogens (tertiary/aromatic N) is 3. The van der Waals surface area contributed by atoms with Crippen LogP contribution in [0, 0.1) is 0 Å². The first-order chi connectivity index (χ1) is 12.5. The van der Waals surface area contributed by atoms with Gasteiger partial charge in [0.05, 0.1) is 12.1 Å². The van der Waals surface area contributed by atoms with Gasteiger partial charge < -0.3 is 11.1 Å². The molecule has 3 aromatic rings. The van der Waals surface area contributed by atoms with Gasteiger partial charge in [0.15, 0.2) is 0 Å². The van der Waals surface area contributed by atoms with E-state index < -0.39 is 0 Å². The molecule has 0 bridgehead atoms. The summed E-state index contributed by atoms with van der Waals surface area (Å²) in [6, 6.07) is 16.7. The van der Waals surface area contributed by atoms with Crippen molar-refractivity contribution in [2.24, 2.45) is 0 Å². The number of hydrogen-bond donors (Lipinski definition) is 2. The molecule has 0 fully saturated rings. The van der Waals surface area contributed by atoms with Crippen LogP contribution in [0.2, 0.25) is 5.02 Å². The Labute approximate surface area is 158 Å². The van der Waals surface area contributed by atoms with Gasteiger partial charge in [0.1, 0.15) is 0 Å². The fourth-order valence-corrected chi connectivity index (χ4v) is 3.80. The van der Waals surface area contributed by atoms with Gasteiger partial charge in [-0.2, -0.15) is 4.98 Å². The molecule has 3 N–H and O–H groups in total. The highest BCUT2D eigenvalue weighted by Crippen LogP contribution is 2.40. The third-order valence-electron chi connectivity index (χ3n) is 4.97. The van der Waals surface area contributed by atoms with Gasteiger partial charge >= 0.3 is 0 Å². The zero-order valence-electron chi connectivity index (χ0n) is 14.9. The van der Waals surface area contributed by atoms with Crippen molar-refractivity contribution >= 4 is 23.5 Å². The molecule has 0 radical (unpaired) electrons. The third-order valence-corrected chi connectivity index (χ3v) is 5.32. The average molecular weight is 368 g/mol. The quantitative estimate of drug-likeness (QED) is 0.698. The molecule has 6 heteroatoms. The van der Waals surface area contributed by atoms with Crippen LogP contribution in [0.4, 0.5) is 11.9 Å². The van der Waals surface area contributed by atoms with Crippen molar-refractivity contribution in [3.05, 3.63) is 70.2 Å². The first-order valence-corrected chi connectivity index (χ1v) is 9.23. The lowest BCUT2D eigenvalue weighted by Crippen LogP contribution is -2.28. The summed E-state index contributed by atoms with van der Waals surface area (Å²) in [4.78, 5) is 4.35.